The van der Waals surface area contributed by atoms with Crippen LogP contribution in [-0.4, -0.2) is 31.9 Å². The van der Waals surface area contributed by atoms with E-state index < -0.39 is 10.8 Å². The highest BCUT2D eigenvalue weighted by Crippen LogP contribution is 1.89. The van der Waals surface area contributed by atoms with Gasteiger partial charge in [-0.3, -0.25) is 18.1 Å². The molecule has 0 aliphatic rings. The molecule has 0 aliphatic heterocycles. The molecule has 1 N–H and O–H groups in total. The number of nitrogens with zero attached hydrogens (tertiary/aromatic N) is 2. The van der Waals surface area contributed by atoms with E-state index in [0.29, 0.717) is 24.5 Å². The Balaban J connectivity index is 2.76. The van der Waals surface area contributed by atoms with Crippen molar-refractivity contribution in [1.82, 2.24) is 14.5 Å². The van der Waals surface area contributed by atoms with Crippen molar-refractivity contribution in [3.63, 3.8) is 0 Å². The molecule has 1 unspecified atom stereocenters. The molecule has 17 heavy (non-hydrogen) atoms. The molecule has 1 heterocycles. The standard InChI is InChI=1S/C10H17N3O3S/c1-12-8(7-11-4-5-17(3)16)6-9(14)13(2)10(12)15/h6,11H,4-5,7H2,1-3H3. The van der Waals surface area contributed by atoms with Crippen LogP contribution in [0.1, 0.15) is 5.69 Å². The predicted octanol–water partition coefficient (Wildman–Crippen LogP) is -1.45. The molecule has 96 valence electrons. The van der Waals surface area contributed by atoms with Crippen molar-refractivity contribution in [2.24, 2.45) is 14.1 Å². The fourth-order valence-corrected chi connectivity index (χ4v) is 1.81. The van der Waals surface area contributed by atoms with Crippen LogP contribution in [0.5, 0.6) is 0 Å². The van der Waals surface area contributed by atoms with Crippen molar-refractivity contribution >= 4 is 10.8 Å². The Bertz CT molecular complexity index is 533. The summed E-state index contributed by atoms with van der Waals surface area (Å²) < 4.78 is 13.3. The first-order chi connectivity index (χ1) is 7.93. The molecule has 0 spiro atoms. The Labute approximate surface area is 102 Å². The van der Waals surface area contributed by atoms with Gasteiger partial charge in [-0.1, -0.05) is 0 Å². The Kier molecular flexibility index (Phi) is 4.83. The molecule has 1 rings (SSSR count). The zero-order valence-electron chi connectivity index (χ0n) is 10.2. The van der Waals surface area contributed by atoms with Gasteiger partial charge in [-0.15, -0.1) is 0 Å². The molecule has 0 saturated carbocycles. The molecule has 7 heteroatoms. The van der Waals surface area contributed by atoms with Crippen LogP contribution in [0.3, 0.4) is 0 Å². The summed E-state index contributed by atoms with van der Waals surface area (Å²) in [4.78, 5) is 23.0. The molecule has 1 aromatic heterocycles. The third kappa shape index (κ3) is 3.64. The van der Waals surface area contributed by atoms with Gasteiger partial charge in [0.25, 0.3) is 5.56 Å². The van der Waals surface area contributed by atoms with E-state index in [1.54, 1.807) is 13.3 Å². The second-order valence-electron chi connectivity index (χ2n) is 3.83. The van der Waals surface area contributed by atoms with Crippen LogP contribution in [0.25, 0.3) is 0 Å². The van der Waals surface area contributed by atoms with Crippen molar-refractivity contribution < 1.29 is 4.21 Å². The molecular formula is C10H17N3O3S. The maximum absolute atomic E-state index is 11.6. The average molecular weight is 259 g/mol. The second-order valence-corrected chi connectivity index (χ2v) is 5.38. The molecule has 0 radical (unpaired) electrons. The van der Waals surface area contributed by atoms with Crippen LogP contribution in [0.15, 0.2) is 15.7 Å². The summed E-state index contributed by atoms with van der Waals surface area (Å²) >= 11 is 0. The highest BCUT2D eigenvalue weighted by molar-refractivity contribution is 7.84. The molecule has 0 fully saturated rings. The number of aromatic nitrogens is 2. The van der Waals surface area contributed by atoms with Gasteiger partial charge in [-0.05, 0) is 0 Å². The van der Waals surface area contributed by atoms with Gasteiger partial charge in [0, 0.05) is 61.8 Å². The van der Waals surface area contributed by atoms with Gasteiger partial charge in [0.05, 0.1) is 0 Å². The van der Waals surface area contributed by atoms with Crippen molar-refractivity contribution in [2.75, 3.05) is 18.6 Å². The Morgan fingerprint density at radius 1 is 1.29 bits per heavy atom. The van der Waals surface area contributed by atoms with E-state index >= 15 is 0 Å². The number of hydrogen-bond donors (Lipinski definition) is 1. The number of nitrogens with one attached hydrogen (secondary N) is 1. The molecule has 0 aromatic carbocycles. The molecular weight excluding hydrogens is 242 g/mol. The molecule has 1 aromatic rings. The first-order valence-electron chi connectivity index (χ1n) is 5.20. The van der Waals surface area contributed by atoms with Crippen LogP contribution < -0.4 is 16.6 Å². The van der Waals surface area contributed by atoms with Gasteiger partial charge in [-0.2, -0.15) is 0 Å². The van der Waals surface area contributed by atoms with E-state index in [9.17, 15) is 13.8 Å². The lowest BCUT2D eigenvalue weighted by Gasteiger charge is -2.09. The Hall–Kier alpha value is -1.21. The van der Waals surface area contributed by atoms with Crippen molar-refractivity contribution in [3.8, 4) is 0 Å². The summed E-state index contributed by atoms with van der Waals surface area (Å²) in [6, 6.07) is 1.43. The summed E-state index contributed by atoms with van der Waals surface area (Å²) in [7, 11) is 2.23. The lowest BCUT2D eigenvalue weighted by molar-refractivity contribution is 0.610. The van der Waals surface area contributed by atoms with E-state index in [1.165, 1.54) is 17.7 Å². The van der Waals surface area contributed by atoms with Crippen LogP contribution in [-0.2, 0) is 31.4 Å². The lowest BCUT2D eigenvalue weighted by Crippen LogP contribution is -2.39. The zero-order valence-corrected chi connectivity index (χ0v) is 11.0. The van der Waals surface area contributed by atoms with Gasteiger partial charge in [0.1, 0.15) is 0 Å². The van der Waals surface area contributed by atoms with E-state index in [-0.39, 0.29) is 11.2 Å². The molecule has 6 nitrogen and oxygen atoms in total. The molecule has 0 saturated heterocycles. The predicted molar refractivity (Wildman–Crippen MR) is 67.6 cm³/mol. The summed E-state index contributed by atoms with van der Waals surface area (Å²) in [5, 5.41) is 3.05. The third-order valence-corrected chi connectivity index (χ3v) is 3.28. The fourth-order valence-electron chi connectivity index (χ4n) is 1.38. The minimum atomic E-state index is -0.838. The quantitative estimate of drug-likeness (QED) is 0.657. The molecule has 0 bridgehead atoms. The summed E-state index contributed by atoms with van der Waals surface area (Å²) in [6.07, 6.45) is 1.63. The molecule has 0 aliphatic carbocycles. The average Bonchev–Trinajstić information content (AvgIpc) is 2.27. The Morgan fingerprint density at radius 2 is 1.94 bits per heavy atom. The van der Waals surface area contributed by atoms with Crippen molar-refractivity contribution in [2.45, 2.75) is 6.54 Å². The largest absolute Gasteiger partial charge is 0.330 e. The first-order valence-corrected chi connectivity index (χ1v) is 6.93. The van der Waals surface area contributed by atoms with Crippen LogP contribution in [0.2, 0.25) is 0 Å². The van der Waals surface area contributed by atoms with Gasteiger partial charge in [0.15, 0.2) is 0 Å². The number of rotatable bonds is 5. The van der Waals surface area contributed by atoms with Crippen LogP contribution in [0, 0.1) is 0 Å². The highest BCUT2D eigenvalue weighted by atomic mass is 32.2. The van der Waals surface area contributed by atoms with Gasteiger partial charge < -0.3 is 5.32 Å². The maximum atomic E-state index is 11.6. The summed E-state index contributed by atoms with van der Waals surface area (Å²) in [6.45, 7) is 1.01. The van der Waals surface area contributed by atoms with Crippen molar-refractivity contribution in [3.05, 3.63) is 32.6 Å². The van der Waals surface area contributed by atoms with E-state index in [4.69, 9.17) is 0 Å². The maximum Gasteiger partial charge on any atom is 0.330 e. The van der Waals surface area contributed by atoms with Gasteiger partial charge in [-0.25, -0.2) is 4.79 Å². The van der Waals surface area contributed by atoms with Crippen LogP contribution >= 0.6 is 0 Å². The lowest BCUT2D eigenvalue weighted by atomic mass is 10.4. The smallest absolute Gasteiger partial charge is 0.310 e. The zero-order chi connectivity index (χ0) is 13.0. The minimum absolute atomic E-state index is 0.316. The normalized spacial score (nSPS) is 12.6. The van der Waals surface area contributed by atoms with Gasteiger partial charge >= 0.3 is 5.69 Å². The van der Waals surface area contributed by atoms with Gasteiger partial charge in [0.2, 0.25) is 0 Å². The SMILES string of the molecule is Cn1c(CNCCS(C)=O)cc(=O)n(C)c1=O. The van der Waals surface area contributed by atoms with E-state index in [1.807, 2.05) is 0 Å². The first kappa shape index (κ1) is 13.9. The molecule has 0 amide bonds. The highest BCUT2D eigenvalue weighted by Gasteiger charge is 2.05. The fraction of sp³-hybridized carbons (Fsp3) is 0.600. The minimum Gasteiger partial charge on any atom is -0.310 e. The summed E-state index contributed by atoms with van der Waals surface area (Å²) in [5.41, 5.74) is -0.0303. The van der Waals surface area contributed by atoms with E-state index in [2.05, 4.69) is 5.32 Å². The third-order valence-electron chi connectivity index (χ3n) is 2.50. The number of hydrogen-bond acceptors (Lipinski definition) is 4. The van der Waals surface area contributed by atoms with Crippen LogP contribution in [0.4, 0.5) is 0 Å². The Morgan fingerprint density at radius 3 is 2.53 bits per heavy atom. The van der Waals surface area contributed by atoms with E-state index in [0.717, 1.165) is 4.57 Å². The monoisotopic (exact) mass is 259 g/mol. The topological polar surface area (TPSA) is 73.1 Å². The van der Waals surface area contributed by atoms with Crippen molar-refractivity contribution in [1.29, 1.82) is 0 Å². The molecule has 1 atom stereocenters. The second kappa shape index (κ2) is 5.92. The summed E-state index contributed by atoms with van der Waals surface area (Å²) in [5.74, 6) is 0.554.